The molecule has 0 amide bonds. The van der Waals surface area contributed by atoms with Crippen LogP contribution in [0.5, 0.6) is 0 Å². The Morgan fingerprint density at radius 1 is 1.22 bits per heavy atom. The largest absolute Gasteiger partial charge is 0.461 e. The minimum absolute atomic E-state index is 0.117. The number of ketones is 1. The Morgan fingerprint density at radius 2 is 1.91 bits per heavy atom. The molecule has 134 valence electrons. The zero-order chi connectivity index (χ0) is 17.4. The molecule has 1 fully saturated rings. The molecule has 1 saturated carbocycles. The maximum absolute atomic E-state index is 11.6. The van der Waals surface area contributed by atoms with Crippen LogP contribution in [-0.4, -0.2) is 42.3 Å². The van der Waals surface area contributed by atoms with Gasteiger partial charge in [0.05, 0.1) is 12.7 Å². The van der Waals surface area contributed by atoms with Gasteiger partial charge in [-0.2, -0.15) is 0 Å². The molecule has 1 N–H and O–H groups in total. The van der Waals surface area contributed by atoms with Crippen LogP contribution >= 0.6 is 0 Å². The van der Waals surface area contributed by atoms with Crippen molar-refractivity contribution in [2.75, 3.05) is 13.2 Å². The molecule has 0 aromatic rings. The van der Waals surface area contributed by atoms with E-state index in [1.54, 1.807) is 6.92 Å². The second kappa shape index (κ2) is 10.0. The van der Waals surface area contributed by atoms with E-state index in [9.17, 15) is 14.7 Å². The van der Waals surface area contributed by atoms with Crippen LogP contribution in [-0.2, 0) is 19.1 Å². The van der Waals surface area contributed by atoms with Crippen LogP contribution in [0.2, 0.25) is 0 Å². The quantitative estimate of drug-likeness (QED) is 0.520. The molecule has 4 unspecified atom stereocenters. The summed E-state index contributed by atoms with van der Waals surface area (Å²) in [5.74, 6) is 0.903. The van der Waals surface area contributed by atoms with E-state index < -0.39 is 12.1 Å². The predicted molar refractivity (Wildman–Crippen MR) is 88.0 cm³/mol. The normalized spacial score (nSPS) is 26.1. The first-order valence-electron chi connectivity index (χ1n) is 8.83. The summed E-state index contributed by atoms with van der Waals surface area (Å²) in [7, 11) is 0. The molecule has 1 rings (SSSR count). The van der Waals surface area contributed by atoms with Gasteiger partial charge in [0, 0.05) is 12.8 Å². The number of Topliss-reactive ketones (excluding diaryl/α,β-unsaturated/α-hetero) is 1. The maximum atomic E-state index is 11.6. The number of hydrogen-bond donors (Lipinski definition) is 1. The predicted octanol–water partition coefficient (Wildman–Crippen LogP) is 2.74. The number of carbonyl (C=O) groups is 2. The molecule has 0 saturated heterocycles. The van der Waals surface area contributed by atoms with Crippen LogP contribution in [0.4, 0.5) is 0 Å². The summed E-state index contributed by atoms with van der Waals surface area (Å²) in [5, 5.41) is 9.58. The molecule has 5 nitrogen and oxygen atoms in total. The molecule has 0 aromatic carbocycles. The van der Waals surface area contributed by atoms with Gasteiger partial charge in [-0.3, -0.25) is 4.79 Å². The van der Waals surface area contributed by atoms with Gasteiger partial charge in [-0.05, 0) is 30.6 Å². The lowest BCUT2D eigenvalue weighted by Gasteiger charge is -2.37. The summed E-state index contributed by atoms with van der Waals surface area (Å²) in [5.41, 5.74) is 0. The lowest BCUT2D eigenvalue weighted by Crippen LogP contribution is -2.35. The molecular weight excluding hydrogens is 296 g/mol. The van der Waals surface area contributed by atoms with Crippen LogP contribution in [0.25, 0.3) is 0 Å². The highest BCUT2D eigenvalue weighted by molar-refractivity contribution is 5.85. The summed E-state index contributed by atoms with van der Waals surface area (Å²) in [6.45, 7) is 8.83. The molecule has 5 heteroatoms. The van der Waals surface area contributed by atoms with E-state index in [1.165, 1.54) is 12.8 Å². The van der Waals surface area contributed by atoms with Crippen molar-refractivity contribution in [2.45, 2.75) is 72.0 Å². The minimum Gasteiger partial charge on any atom is -0.461 e. The standard InChI is InChI=1S/C18H32O5/c1-5-14(19)11-16(20)18(21)23-9-8-22-17-10-13(4)6-7-15(17)12(2)3/h12-13,15-17,20H,5-11H2,1-4H3. The van der Waals surface area contributed by atoms with Crippen molar-refractivity contribution in [2.24, 2.45) is 17.8 Å². The van der Waals surface area contributed by atoms with Gasteiger partial charge in [-0.15, -0.1) is 0 Å². The van der Waals surface area contributed by atoms with Crippen molar-refractivity contribution < 1.29 is 24.2 Å². The van der Waals surface area contributed by atoms with E-state index in [1.807, 2.05) is 0 Å². The molecule has 0 aromatic heterocycles. The van der Waals surface area contributed by atoms with E-state index in [4.69, 9.17) is 9.47 Å². The molecule has 0 bridgehead atoms. The molecule has 0 aliphatic heterocycles. The first-order chi connectivity index (χ1) is 10.8. The summed E-state index contributed by atoms with van der Waals surface area (Å²) in [6, 6.07) is 0. The highest BCUT2D eigenvalue weighted by Gasteiger charge is 2.31. The third kappa shape index (κ3) is 7.00. The number of aliphatic hydroxyl groups excluding tert-OH is 1. The highest BCUT2D eigenvalue weighted by Crippen LogP contribution is 2.35. The van der Waals surface area contributed by atoms with E-state index in [2.05, 4.69) is 20.8 Å². The van der Waals surface area contributed by atoms with Crippen molar-refractivity contribution in [3.05, 3.63) is 0 Å². The average molecular weight is 328 g/mol. The molecule has 23 heavy (non-hydrogen) atoms. The van der Waals surface area contributed by atoms with E-state index in [0.29, 0.717) is 30.8 Å². The second-order valence-electron chi connectivity index (χ2n) is 7.01. The van der Waals surface area contributed by atoms with Gasteiger partial charge in [-0.1, -0.05) is 34.1 Å². The Hall–Kier alpha value is -0.940. The van der Waals surface area contributed by atoms with Crippen LogP contribution in [0.1, 0.15) is 59.8 Å². The maximum Gasteiger partial charge on any atom is 0.335 e. The number of esters is 1. The number of rotatable bonds is 9. The molecular formula is C18H32O5. The lowest BCUT2D eigenvalue weighted by atomic mass is 9.75. The number of aliphatic hydroxyl groups is 1. The zero-order valence-corrected chi connectivity index (χ0v) is 14.9. The SMILES string of the molecule is CCC(=O)CC(O)C(=O)OCCOC1CC(C)CCC1C(C)C. The summed E-state index contributed by atoms with van der Waals surface area (Å²) in [6.07, 6.45) is 2.46. The van der Waals surface area contributed by atoms with Crippen LogP contribution in [0.15, 0.2) is 0 Å². The fourth-order valence-electron chi connectivity index (χ4n) is 3.19. The van der Waals surface area contributed by atoms with Gasteiger partial charge in [0.25, 0.3) is 0 Å². The molecule has 0 radical (unpaired) electrons. The summed E-state index contributed by atoms with van der Waals surface area (Å²) >= 11 is 0. The monoisotopic (exact) mass is 328 g/mol. The molecule has 0 heterocycles. The number of hydrogen-bond acceptors (Lipinski definition) is 5. The van der Waals surface area contributed by atoms with Gasteiger partial charge < -0.3 is 14.6 Å². The Labute approximate surface area is 139 Å². The van der Waals surface area contributed by atoms with Gasteiger partial charge in [0.15, 0.2) is 6.10 Å². The van der Waals surface area contributed by atoms with Gasteiger partial charge >= 0.3 is 5.97 Å². The number of ether oxygens (including phenoxy) is 2. The van der Waals surface area contributed by atoms with Crippen LogP contribution in [0.3, 0.4) is 0 Å². The van der Waals surface area contributed by atoms with Crippen molar-refractivity contribution in [1.29, 1.82) is 0 Å². The Bertz CT molecular complexity index is 380. The van der Waals surface area contributed by atoms with Crippen LogP contribution < -0.4 is 0 Å². The number of carbonyl (C=O) groups excluding carboxylic acids is 2. The topological polar surface area (TPSA) is 72.8 Å². The third-order valence-corrected chi connectivity index (χ3v) is 4.71. The van der Waals surface area contributed by atoms with Crippen molar-refractivity contribution in [3.63, 3.8) is 0 Å². The first kappa shape index (κ1) is 20.1. The zero-order valence-electron chi connectivity index (χ0n) is 14.9. The fourth-order valence-corrected chi connectivity index (χ4v) is 3.19. The molecule has 0 spiro atoms. The van der Waals surface area contributed by atoms with Gasteiger partial charge in [0.1, 0.15) is 12.4 Å². The van der Waals surface area contributed by atoms with E-state index >= 15 is 0 Å². The van der Waals surface area contributed by atoms with E-state index in [-0.39, 0.29) is 24.9 Å². The second-order valence-corrected chi connectivity index (χ2v) is 7.01. The summed E-state index contributed by atoms with van der Waals surface area (Å²) < 4.78 is 10.9. The molecule has 1 aliphatic rings. The molecule has 1 aliphatic carbocycles. The highest BCUT2D eigenvalue weighted by atomic mass is 16.6. The Morgan fingerprint density at radius 3 is 2.52 bits per heavy atom. The third-order valence-electron chi connectivity index (χ3n) is 4.71. The fraction of sp³-hybridized carbons (Fsp3) is 0.889. The Kier molecular flexibility index (Phi) is 8.77. The van der Waals surface area contributed by atoms with Crippen molar-refractivity contribution in [1.82, 2.24) is 0 Å². The molecule has 4 atom stereocenters. The minimum atomic E-state index is -1.36. The van der Waals surface area contributed by atoms with Crippen LogP contribution in [0, 0.1) is 17.8 Å². The Balaban J connectivity index is 2.29. The van der Waals surface area contributed by atoms with Crippen molar-refractivity contribution >= 4 is 11.8 Å². The average Bonchev–Trinajstić information content (AvgIpc) is 2.50. The van der Waals surface area contributed by atoms with E-state index in [0.717, 1.165) is 6.42 Å². The lowest BCUT2D eigenvalue weighted by molar-refractivity contribution is -0.158. The summed E-state index contributed by atoms with van der Waals surface area (Å²) in [4.78, 5) is 22.8. The van der Waals surface area contributed by atoms with Crippen molar-refractivity contribution in [3.8, 4) is 0 Å². The smallest absolute Gasteiger partial charge is 0.335 e. The van der Waals surface area contributed by atoms with Gasteiger partial charge in [-0.25, -0.2) is 4.79 Å². The van der Waals surface area contributed by atoms with Gasteiger partial charge in [0.2, 0.25) is 0 Å². The first-order valence-corrected chi connectivity index (χ1v) is 8.83.